The summed E-state index contributed by atoms with van der Waals surface area (Å²) in [5.74, 6) is 0.804. The van der Waals surface area contributed by atoms with E-state index in [2.05, 4.69) is 15.6 Å². The zero-order valence-corrected chi connectivity index (χ0v) is 18.2. The van der Waals surface area contributed by atoms with Crippen molar-refractivity contribution in [1.29, 1.82) is 0 Å². The molecule has 3 N–H and O–H groups in total. The van der Waals surface area contributed by atoms with Gasteiger partial charge in [-0.05, 0) is 29.3 Å². The molecule has 1 aliphatic rings. The molecule has 0 spiro atoms. The van der Waals surface area contributed by atoms with Crippen molar-refractivity contribution in [2.24, 2.45) is 0 Å². The highest BCUT2D eigenvalue weighted by Crippen LogP contribution is 2.34. The first-order chi connectivity index (χ1) is 16.7. The topological polar surface area (TPSA) is 102 Å². The number of hydrogen-bond acceptors (Lipinski definition) is 5. The number of anilines is 1. The van der Waals surface area contributed by atoms with Crippen molar-refractivity contribution < 1.29 is 23.8 Å². The number of benzene rings is 3. The standard InChI is InChI=1S/C26H23N3O5/c30-25(28-19-10-11-23-24(13-19)34-16-33-23)22(12-18-14-27-21-9-5-4-8-20(18)21)29-26(31)32-15-17-6-2-1-3-7-17/h1-11,13-14,22,27H,12,15-16H2,(H,28,30)(H,29,31)/t22-/m1/s1. The van der Waals surface area contributed by atoms with Crippen molar-refractivity contribution in [2.75, 3.05) is 12.1 Å². The van der Waals surface area contributed by atoms with Gasteiger partial charge < -0.3 is 29.8 Å². The predicted octanol–water partition coefficient (Wildman–Crippen LogP) is 4.37. The Kier molecular flexibility index (Phi) is 6.03. The van der Waals surface area contributed by atoms with Crippen LogP contribution in [0.15, 0.2) is 79.0 Å². The van der Waals surface area contributed by atoms with Gasteiger partial charge in [0, 0.05) is 35.3 Å². The third-order valence-electron chi connectivity index (χ3n) is 5.56. The molecule has 4 aromatic rings. The smallest absolute Gasteiger partial charge is 0.408 e. The Morgan fingerprint density at radius 3 is 2.65 bits per heavy atom. The lowest BCUT2D eigenvalue weighted by molar-refractivity contribution is -0.118. The third kappa shape index (κ3) is 4.80. The van der Waals surface area contributed by atoms with Crippen molar-refractivity contribution in [3.63, 3.8) is 0 Å². The van der Waals surface area contributed by atoms with E-state index in [1.807, 2.05) is 60.8 Å². The molecule has 0 saturated carbocycles. The first-order valence-electron chi connectivity index (χ1n) is 10.9. The highest BCUT2D eigenvalue weighted by atomic mass is 16.7. The maximum Gasteiger partial charge on any atom is 0.408 e. The Labute approximate surface area is 195 Å². The van der Waals surface area contributed by atoms with Gasteiger partial charge in [0.25, 0.3) is 0 Å². The van der Waals surface area contributed by atoms with E-state index in [9.17, 15) is 9.59 Å². The fraction of sp³-hybridized carbons (Fsp3) is 0.154. The van der Waals surface area contributed by atoms with Crippen molar-refractivity contribution in [3.05, 3.63) is 90.1 Å². The minimum atomic E-state index is -0.868. The SMILES string of the molecule is O=C(N[C@H](Cc1c[nH]c2ccccc12)C(=O)Nc1ccc2c(c1)OCO2)OCc1ccccc1. The Morgan fingerprint density at radius 2 is 1.76 bits per heavy atom. The zero-order chi connectivity index (χ0) is 23.3. The molecule has 2 heterocycles. The van der Waals surface area contributed by atoms with E-state index >= 15 is 0 Å². The minimum Gasteiger partial charge on any atom is -0.454 e. The molecule has 2 amide bonds. The second-order valence-corrected chi connectivity index (χ2v) is 7.88. The van der Waals surface area contributed by atoms with E-state index in [-0.39, 0.29) is 25.7 Å². The zero-order valence-electron chi connectivity index (χ0n) is 18.2. The number of carbonyl (C=O) groups excluding carboxylic acids is 2. The number of hydrogen-bond donors (Lipinski definition) is 3. The van der Waals surface area contributed by atoms with Crippen LogP contribution in [0.2, 0.25) is 0 Å². The number of amides is 2. The molecule has 0 fully saturated rings. The Bertz CT molecular complexity index is 1320. The molecule has 8 heteroatoms. The second-order valence-electron chi connectivity index (χ2n) is 7.88. The molecular formula is C26H23N3O5. The summed E-state index contributed by atoms with van der Waals surface area (Å²) < 4.78 is 16.1. The van der Waals surface area contributed by atoms with Crippen LogP contribution in [0.3, 0.4) is 0 Å². The van der Waals surface area contributed by atoms with Gasteiger partial charge in [0.05, 0.1) is 0 Å². The van der Waals surface area contributed by atoms with Crippen molar-refractivity contribution in [2.45, 2.75) is 19.1 Å². The summed E-state index contributed by atoms with van der Waals surface area (Å²) in [6.07, 6.45) is 1.46. The summed E-state index contributed by atoms with van der Waals surface area (Å²) in [6.45, 7) is 0.251. The van der Waals surface area contributed by atoms with Gasteiger partial charge in [0.1, 0.15) is 12.6 Å². The molecule has 3 aromatic carbocycles. The minimum absolute atomic E-state index is 0.107. The average Bonchev–Trinajstić information content (AvgIpc) is 3.50. The van der Waals surface area contributed by atoms with Gasteiger partial charge in [-0.25, -0.2) is 4.79 Å². The summed E-state index contributed by atoms with van der Waals surface area (Å²) in [6, 6.07) is 21.4. The average molecular weight is 457 g/mol. The normalized spacial score (nSPS) is 12.8. The van der Waals surface area contributed by atoms with Crippen LogP contribution in [-0.4, -0.2) is 29.8 Å². The summed E-state index contributed by atoms with van der Waals surface area (Å²) in [5, 5.41) is 6.56. The number of ether oxygens (including phenoxy) is 3. The number of rotatable bonds is 7. The largest absolute Gasteiger partial charge is 0.454 e. The number of aromatic nitrogens is 1. The van der Waals surface area contributed by atoms with Gasteiger partial charge in [0.2, 0.25) is 12.7 Å². The van der Waals surface area contributed by atoms with Crippen LogP contribution in [0.25, 0.3) is 10.9 Å². The summed E-state index contributed by atoms with van der Waals surface area (Å²) in [4.78, 5) is 29.0. The van der Waals surface area contributed by atoms with E-state index in [1.165, 1.54) is 0 Å². The summed E-state index contributed by atoms with van der Waals surface area (Å²) in [7, 11) is 0. The molecule has 1 aliphatic heterocycles. The molecule has 0 unspecified atom stereocenters. The number of para-hydroxylation sites is 1. The molecule has 172 valence electrons. The fourth-order valence-corrected chi connectivity index (χ4v) is 3.84. The van der Waals surface area contributed by atoms with Crippen LogP contribution in [0.5, 0.6) is 11.5 Å². The molecular weight excluding hydrogens is 434 g/mol. The Hall–Kier alpha value is -4.46. The van der Waals surface area contributed by atoms with Gasteiger partial charge in [0.15, 0.2) is 11.5 Å². The van der Waals surface area contributed by atoms with E-state index in [0.717, 1.165) is 22.0 Å². The molecule has 0 saturated heterocycles. The summed E-state index contributed by atoms with van der Waals surface area (Å²) >= 11 is 0. The van der Waals surface area contributed by atoms with E-state index in [1.54, 1.807) is 18.2 Å². The van der Waals surface area contributed by atoms with Crippen LogP contribution in [0.4, 0.5) is 10.5 Å². The molecule has 0 aliphatic carbocycles. The van der Waals surface area contributed by atoms with E-state index in [0.29, 0.717) is 17.2 Å². The molecule has 1 atom stereocenters. The van der Waals surface area contributed by atoms with Crippen LogP contribution in [-0.2, 0) is 22.6 Å². The molecule has 8 nitrogen and oxygen atoms in total. The predicted molar refractivity (Wildman–Crippen MR) is 127 cm³/mol. The van der Waals surface area contributed by atoms with Gasteiger partial charge in [-0.2, -0.15) is 0 Å². The van der Waals surface area contributed by atoms with Gasteiger partial charge >= 0.3 is 6.09 Å². The molecule has 34 heavy (non-hydrogen) atoms. The van der Waals surface area contributed by atoms with Crippen LogP contribution >= 0.6 is 0 Å². The molecule has 0 bridgehead atoms. The van der Waals surface area contributed by atoms with Crippen molar-refractivity contribution in [3.8, 4) is 11.5 Å². The lowest BCUT2D eigenvalue weighted by Gasteiger charge is -2.18. The molecule has 0 radical (unpaired) electrons. The van der Waals surface area contributed by atoms with Gasteiger partial charge in [-0.1, -0.05) is 48.5 Å². The Balaban J connectivity index is 1.32. The number of fused-ring (bicyclic) bond motifs is 2. The summed E-state index contributed by atoms with van der Waals surface area (Å²) in [5.41, 5.74) is 3.26. The van der Waals surface area contributed by atoms with Crippen LogP contribution < -0.4 is 20.1 Å². The highest BCUT2D eigenvalue weighted by molar-refractivity contribution is 5.97. The number of carbonyl (C=O) groups is 2. The quantitative estimate of drug-likeness (QED) is 0.383. The van der Waals surface area contributed by atoms with Crippen LogP contribution in [0.1, 0.15) is 11.1 Å². The first kappa shape index (κ1) is 21.4. The lowest BCUT2D eigenvalue weighted by Crippen LogP contribution is -2.45. The first-order valence-corrected chi connectivity index (χ1v) is 10.9. The maximum absolute atomic E-state index is 13.2. The fourth-order valence-electron chi connectivity index (χ4n) is 3.84. The number of alkyl carbamates (subject to hydrolysis) is 1. The highest BCUT2D eigenvalue weighted by Gasteiger charge is 2.24. The van der Waals surface area contributed by atoms with E-state index in [4.69, 9.17) is 14.2 Å². The molecule has 5 rings (SSSR count). The number of nitrogens with one attached hydrogen (secondary N) is 3. The monoisotopic (exact) mass is 457 g/mol. The Morgan fingerprint density at radius 1 is 0.971 bits per heavy atom. The van der Waals surface area contributed by atoms with Crippen LogP contribution in [0, 0.1) is 0 Å². The third-order valence-corrected chi connectivity index (χ3v) is 5.56. The lowest BCUT2D eigenvalue weighted by atomic mass is 10.0. The van der Waals surface area contributed by atoms with Crippen molar-refractivity contribution >= 4 is 28.6 Å². The number of aromatic amines is 1. The number of H-pyrrole nitrogens is 1. The van der Waals surface area contributed by atoms with Gasteiger partial charge in [-0.15, -0.1) is 0 Å². The second kappa shape index (κ2) is 9.58. The van der Waals surface area contributed by atoms with Crippen molar-refractivity contribution in [1.82, 2.24) is 10.3 Å². The molecule has 1 aromatic heterocycles. The van der Waals surface area contributed by atoms with E-state index < -0.39 is 12.1 Å². The van der Waals surface area contributed by atoms with Gasteiger partial charge in [-0.3, -0.25) is 4.79 Å². The maximum atomic E-state index is 13.2.